The Labute approximate surface area is 117 Å². The van der Waals surface area contributed by atoms with Gasteiger partial charge in [-0.05, 0) is 6.92 Å². The SMILES string of the molecule is CCOC(=O)CCC(=O)n1cnc(-c2ccccc2)c1. The van der Waals surface area contributed by atoms with Crippen molar-refractivity contribution < 1.29 is 14.3 Å². The van der Waals surface area contributed by atoms with Crippen molar-refractivity contribution >= 4 is 11.9 Å². The molecule has 0 radical (unpaired) electrons. The summed E-state index contributed by atoms with van der Waals surface area (Å²) in [5.41, 5.74) is 1.68. The van der Waals surface area contributed by atoms with E-state index in [1.807, 2.05) is 30.3 Å². The van der Waals surface area contributed by atoms with E-state index in [1.54, 1.807) is 13.1 Å². The Morgan fingerprint density at radius 2 is 1.95 bits per heavy atom. The van der Waals surface area contributed by atoms with Crippen molar-refractivity contribution in [3.8, 4) is 11.3 Å². The zero-order chi connectivity index (χ0) is 14.4. The highest BCUT2D eigenvalue weighted by Crippen LogP contribution is 2.16. The summed E-state index contributed by atoms with van der Waals surface area (Å²) in [5.74, 6) is -0.531. The Kier molecular flexibility index (Phi) is 4.65. The van der Waals surface area contributed by atoms with Crippen LogP contribution in [0.1, 0.15) is 24.6 Å². The molecule has 0 saturated heterocycles. The maximum atomic E-state index is 11.9. The molecule has 0 fully saturated rings. The van der Waals surface area contributed by atoms with Gasteiger partial charge in [-0.1, -0.05) is 30.3 Å². The van der Waals surface area contributed by atoms with Gasteiger partial charge in [-0.15, -0.1) is 0 Å². The van der Waals surface area contributed by atoms with E-state index in [-0.39, 0.29) is 24.7 Å². The molecular weight excluding hydrogens is 256 g/mol. The van der Waals surface area contributed by atoms with Crippen molar-refractivity contribution in [3.05, 3.63) is 42.9 Å². The lowest BCUT2D eigenvalue weighted by Gasteiger charge is -2.01. The molecule has 104 valence electrons. The number of aromatic nitrogens is 2. The van der Waals surface area contributed by atoms with Crippen LogP contribution in [0.25, 0.3) is 11.3 Å². The molecule has 0 unspecified atom stereocenters. The second-order valence-electron chi connectivity index (χ2n) is 4.23. The number of carbonyl (C=O) groups excluding carboxylic acids is 2. The molecule has 0 spiro atoms. The fourth-order valence-corrected chi connectivity index (χ4v) is 1.79. The van der Waals surface area contributed by atoms with Crippen LogP contribution in [0.5, 0.6) is 0 Å². The molecule has 2 aromatic rings. The third kappa shape index (κ3) is 3.54. The molecule has 5 nitrogen and oxygen atoms in total. The van der Waals surface area contributed by atoms with Crippen LogP contribution in [0.15, 0.2) is 42.9 Å². The molecule has 5 heteroatoms. The summed E-state index contributed by atoms with van der Waals surface area (Å²) in [5, 5.41) is 0. The van der Waals surface area contributed by atoms with Crippen molar-refractivity contribution in [3.63, 3.8) is 0 Å². The van der Waals surface area contributed by atoms with Gasteiger partial charge in [-0.25, -0.2) is 4.98 Å². The summed E-state index contributed by atoms with van der Waals surface area (Å²) in [6.07, 6.45) is 3.34. The monoisotopic (exact) mass is 272 g/mol. The van der Waals surface area contributed by atoms with E-state index >= 15 is 0 Å². The Balaban J connectivity index is 1.98. The average Bonchev–Trinajstić information content (AvgIpc) is 2.96. The van der Waals surface area contributed by atoms with Crippen molar-refractivity contribution in [2.75, 3.05) is 6.61 Å². The number of hydrogen-bond acceptors (Lipinski definition) is 4. The van der Waals surface area contributed by atoms with E-state index in [2.05, 4.69) is 4.98 Å². The normalized spacial score (nSPS) is 10.2. The van der Waals surface area contributed by atoms with Crippen molar-refractivity contribution in [1.29, 1.82) is 0 Å². The maximum Gasteiger partial charge on any atom is 0.306 e. The third-order valence-electron chi connectivity index (χ3n) is 2.79. The average molecular weight is 272 g/mol. The Morgan fingerprint density at radius 1 is 1.20 bits per heavy atom. The number of imidazole rings is 1. The molecule has 0 aliphatic heterocycles. The number of hydrogen-bond donors (Lipinski definition) is 0. The first kappa shape index (κ1) is 14.0. The van der Waals surface area contributed by atoms with Gasteiger partial charge in [0, 0.05) is 18.2 Å². The molecule has 0 aliphatic rings. The molecule has 0 atom stereocenters. The quantitative estimate of drug-likeness (QED) is 0.785. The summed E-state index contributed by atoms with van der Waals surface area (Å²) in [4.78, 5) is 27.3. The summed E-state index contributed by atoms with van der Waals surface area (Å²) < 4.78 is 6.19. The molecule has 20 heavy (non-hydrogen) atoms. The number of nitrogens with zero attached hydrogens (tertiary/aromatic N) is 2. The van der Waals surface area contributed by atoms with Crippen molar-refractivity contribution in [1.82, 2.24) is 9.55 Å². The molecule has 0 saturated carbocycles. The number of rotatable bonds is 5. The lowest BCUT2D eigenvalue weighted by Crippen LogP contribution is -2.12. The van der Waals surface area contributed by atoms with Crippen LogP contribution in [-0.4, -0.2) is 28.0 Å². The third-order valence-corrected chi connectivity index (χ3v) is 2.79. The molecular formula is C15H16N2O3. The summed E-state index contributed by atoms with van der Waals surface area (Å²) in [6.45, 7) is 2.07. The summed E-state index contributed by atoms with van der Waals surface area (Å²) >= 11 is 0. The van der Waals surface area contributed by atoms with Crippen LogP contribution in [0.4, 0.5) is 0 Å². The summed E-state index contributed by atoms with van der Waals surface area (Å²) in [7, 11) is 0. The standard InChI is InChI=1S/C15H16N2O3/c1-2-20-15(19)9-8-14(18)17-10-13(16-11-17)12-6-4-3-5-7-12/h3-7,10-11H,2,8-9H2,1H3. The van der Waals surface area contributed by atoms with Gasteiger partial charge in [-0.2, -0.15) is 0 Å². The molecule has 1 aromatic carbocycles. The Morgan fingerprint density at radius 3 is 2.65 bits per heavy atom. The van der Waals surface area contributed by atoms with Gasteiger partial charge >= 0.3 is 5.97 Å². The highest BCUT2D eigenvalue weighted by Gasteiger charge is 2.11. The first-order valence-electron chi connectivity index (χ1n) is 6.49. The maximum absolute atomic E-state index is 11.9. The van der Waals surface area contributed by atoms with E-state index in [0.717, 1.165) is 11.3 Å². The number of esters is 1. The van der Waals surface area contributed by atoms with Crippen LogP contribution in [-0.2, 0) is 9.53 Å². The zero-order valence-electron chi connectivity index (χ0n) is 11.3. The number of benzene rings is 1. The minimum Gasteiger partial charge on any atom is -0.466 e. The lowest BCUT2D eigenvalue weighted by atomic mass is 10.2. The lowest BCUT2D eigenvalue weighted by molar-refractivity contribution is -0.143. The van der Waals surface area contributed by atoms with E-state index in [0.29, 0.717) is 6.61 Å². The molecule has 0 amide bonds. The number of ether oxygens (including phenoxy) is 1. The van der Waals surface area contributed by atoms with E-state index in [9.17, 15) is 9.59 Å². The van der Waals surface area contributed by atoms with Crippen molar-refractivity contribution in [2.24, 2.45) is 0 Å². The molecule has 0 bridgehead atoms. The van der Waals surface area contributed by atoms with Crippen LogP contribution in [0.3, 0.4) is 0 Å². The predicted octanol–water partition coefficient (Wildman–Crippen LogP) is 2.53. The minimum absolute atomic E-state index is 0.0888. The number of carbonyl (C=O) groups is 2. The van der Waals surface area contributed by atoms with Gasteiger partial charge in [0.25, 0.3) is 0 Å². The largest absolute Gasteiger partial charge is 0.466 e. The van der Waals surface area contributed by atoms with E-state index in [4.69, 9.17) is 4.74 Å². The first-order chi connectivity index (χ1) is 9.70. The minimum atomic E-state index is -0.357. The molecule has 2 rings (SSSR count). The fourth-order valence-electron chi connectivity index (χ4n) is 1.79. The first-order valence-corrected chi connectivity index (χ1v) is 6.49. The van der Waals surface area contributed by atoms with Crippen LogP contribution in [0, 0.1) is 0 Å². The molecule has 0 aliphatic carbocycles. The van der Waals surface area contributed by atoms with Gasteiger partial charge < -0.3 is 4.74 Å². The Bertz CT molecular complexity index is 590. The predicted molar refractivity (Wildman–Crippen MR) is 74.2 cm³/mol. The highest BCUT2D eigenvalue weighted by atomic mass is 16.5. The molecule has 1 aromatic heterocycles. The topological polar surface area (TPSA) is 61.2 Å². The zero-order valence-corrected chi connectivity index (χ0v) is 11.3. The van der Waals surface area contributed by atoms with Gasteiger partial charge in [0.15, 0.2) is 0 Å². The smallest absolute Gasteiger partial charge is 0.306 e. The van der Waals surface area contributed by atoms with E-state index in [1.165, 1.54) is 10.9 Å². The van der Waals surface area contributed by atoms with E-state index < -0.39 is 0 Å². The summed E-state index contributed by atoms with van der Waals surface area (Å²) in [6, 6.07) is 9.60. The Hall–Kier alpha value is -2.43. The van der Waals surface area contributed by atoms with Gasteiger partial charge in [-0.3, -0.25) is 14.2 Å². The van der Waals surface area contributed by atoms with Gasteiger partial charge in [0.1, 0.15) is 6.33 Å². The van der Waals surface area contributed by atoms with Gasteiger partial charge in [0.2, 0.25) is 5.91 Å². The van der Waals surface area contributed by atoms with Crippen LogP contribution < -0.4 is 0 Å². The molecule has 0 N–H and O–H groups in total. The molecule has 1 heterocycles. The van der Waals surface area contributed by atoms with Gasteiger partial charge in [0.05, 0.1) is 18.7 Å². The second-order valence-corrected chi connectivity index (χ2v) is 4.23. The van der Waals surface area contributed by atoms with Crippen LogP contribution in [0.2, 0.25) is 0 Å². The second kappa shape index (κ2) is 6.65. The highest BCUT2D eigenvalue weighted by molar-refractivity contribution is 5.83. The van der Waals surface area contributed by atoms with Crippen molar-refractivity contribution in [2.45, 2.75) is 19.8 Å². The van der Waals surface area contributed by atoms with Crippen LogP contribution >= 0.6 is 0 Å². The fraction of sp³-hybridized carbons (Fsp3) is 0.267.